The Balaban J connectivity index is 1.89. The summed E-state index contributed by atoms with van der Waals surface area (Å²) >= 11 is 0. The van der Waals surface area contributed by atoms with E-state index in [0.29, 0.717) is 36.6 Å². The molecule has 1 aromatic rings. The molecule has 1 aliphatic heterocycles. The van der Waals surface area contributed by atoms with Crippen LogP contribution in [0.15, 0.2) is 18.2 Å². The summed E-state index contributed by atoms with van der Waals surface area (Å²) in [6.45, 7) is 0.466. The lowest BCUT2D eigenvalue weighted by Gasteiger charge is -2.29. The van der Waals surface area contributed by atoms with E-state index in [2.05, 4.69) is 5.32 Å². The van der Waals surface area contributed by atoms with Gasteiger partial charge in [0.15, 0.2) is 4.75 Å². The highest BCUT2D eigenvalue weighted by Gasteiger charge is 2.71. The second-order valence-corrected chi connectivity index (χ2v) is 8.23. The molecule has 0 unspecified atom stereocenters. The standard InChI is InChI=1S/C15H20N2O5S/c1-17-7-6-10-9-15(10,23(17,19)20)14(18)16-12-5-4-11(21-2)8-13(12)22-3/h4-5,8,10H,6-7,9H2,1-3H3,(H,16,18)/t10-,15+/m0/s1. The highest BCUT2D eigenvalue weighted by Crippen LogP contribution is 2.56. The molecule has 1 amide bonds. The van der Waals surface area contributed by atoms with Gasteiger partial charge < -0.3 is 14.8 Å². The number of benzene rings is 1. The van der Waals surface area contributed by atoms with E-state index in [1.807, 2.05) is 0 Å². The second-order valence-electron chi connectivity index (χ2n) is 5.93. The van der Waals surface area contributed by atoms with Gasteiger partial charge in [0.25, 0.3) is 0 Å². The molecule has 1 saturated carbocycles. The Bertz CT molecular complexity index is 748. The first-order valence-electron chi connectivity index (χ1n) is 7.36. The summed E-state index contributed by atoms with van der Waals surface area (Å²) in [5.41, 5.74) is 0.432. The van der Waals surface area contributed by atoms with Gasteiger partial charge in [-0.2, -0.15) is 0 Å². The number of fused-ring (bicyclic) bond motifs is 1. The molecule has 3 rings (SSSR count). The average Bonchev–Trinajstić information content (AvgIpc) is 3.29. The lowest BCUT2D eigenvalue weighted by atomic mass is 10.2. The maximum Gasteiger partial charge on any atom is 0.247 e. The van der Waals surface area contributed by atoms with Gasteiger partial charge in [-0.25, -0.2) is 12.7 Å². The van der Waals surface area contributed by atoms with Crippen molar-refractivity contribution in [2.45, 2.75) is 17.6 Å². The monoisotopic (exact) mass is 340 g/mol. The minimum atomic E-state index is -3.62. The van der Waals surface area contributed by atoms with Gasteiger partial charge in [-0.15, -0.1) is 0 Å². The van der Waals surface area contributed by atoms with Crippen LogP contribution in [0.3, 0.4) is 0 Å². The van der Waals surface area contributed by atoms with Crippen LogP contribution in [0.2, 0.25) is 0 Å². The van der Waals surface area contributed by atoms with Gasteiger partial charge in [0.1, 0.15) is 11.5 Å². The summed E-state index contributed by atoms with van der Waals surface area (Å²) in [5.74, 6) is 0.422. The molecule has 7 nitrogen and oxygen atoms in total. The van der Waals surface area contributed by atoms with Crippen molar-refractivity contribution in [3.8, 4) is 11.5 Å². The summed E-state index contributed by atoms with van der Waals surface area (Å²) in [4.78, 5) is 12.7. The van der Waals surface area contributed by atoms with E-state index < -0.39 is 20.7 Å². The maximum atomic E-state index is 12.7. The van der Waals surface area contributed by atoms with Crippen LogP contribution in [0, 0.1) is 5.92 Å². The Kier molecular flexibility index (Phi) is 3.76. The van der Waals surface area contributed by atoms with E-state index >= 15 is 0 Å². The zero-order valence-corrected chi connectivity index (χ0v) is 14.1. The fraction of sp³-hybridized carbons (Fsp3) is 0.533. The van der Waals surface area contributed by atoms with Crippen LogP contribution in [0.5, 0.6) is 11.5 Å². The van der Waals surface area contributed by atoms with Gasteiger partial charge in [-0.3, -0.25) is 4.79 Å². The molecular weight excluding hydrogens is 320 g/mol. The van der Waals surface area contributed by atoms with Crippen molar-refractivity contribution in [1.29, 1.82) is 0 Å². The molecule has 8 heteroatoms. The quantitative estimate of drug-likeness (QED) is 0.886. The number of nitrogens with zero attached hydrogens (tertiary/aromatic N) is 1. The van der Waals surface area contributed by atoms with Crippen LogP contribution in [-0.4, -0.2) is 51.2 Å². The zero-order valence-electron chi connectivity index (χ0n) is 13.3. The maximum absolute atomic E-state index is 12.7. The first-order chi connectivity index (χ1) is 10.9. The molecule has 23 heavy (non-hydrogen) atoms. The van der Waals surface area contributed by atoms with Crippen LogP contribution < -0.4 is 14.8 Å². The fourth-order valence-corrected chi connectivity index (χ4v) is 5.36. The van der Waals surface area contributed by atoms with Gasteiger partial charge in [-0.1, -0.05) is 0 Å². The molecule has 0 spiro atoms. The van der Waals surface area contributed by atoms with E-state index in [4.69, 9.17) is 9.47 Å². The minimum Gasteiger partial charge on any atom is -0.497 e. The highest BCUT2D eigenvalue weighted by atomic mass is 32.2. The molecule has 2 atom stereocenters. The third kappa shape index (κ3) is 2.28. The highest BCUT2D eigenvalue weighted by molar-refractivity contribution is 7.91. The third-order valence-corrected chi connectivity index (χ3v) is 7.36. The van der Waals surface area contributed by atoms with E-state index in [1.54, 1.807) is 18.2 Å². The molecular formula is C15H20N2O5S. The van der Waals surface area contributed by atoms with Crippen LogP contribution in [0.4, 0.5) is 5.69 Å². The number of sulfonamides is 1. The van der Waals surface area contributed by atoms with Crippen LogP contribution in [-0.2, 0) is 14.8 Å². The molecule has 1 heterocycles. The van der Waals surface area contributed by atoms with Crippen molar-refractivity contribution < 1.29 is 22.7 Å². The van der Waals surface area contributed by atoms with Crippen molar-refractivity contribution in [3.63, 3.8) is 0 Å². The topological polar surface area (TPSA) is 84.9 Å². The number of hydrogen-bond donors (Lipinski definition) is 1. The molecule has 2 fully saturated rings. The Morgan fingerprint density at radius 2 is 2.09 bits per heavy atom. The molecule has 0 radical (unpaired) electrons. The molecule has 1 aromatic carbocycles. The minimum absolute atomic E-state index is 0.104. The smallest absolute Gasteiger partial charge is 0.247 e. The summed E-state index contributed by atoms with van der Waals surface area (Å²) in [6.07, 6.45) is 1.09. The van der Waals surface area contributed by atoms with Crippen molar-refractivity contribution in [1.82, 2.24) is 4.31 Å². The van der Waals surface area contributed by atoms with Crippen LogP contribution in [0.1, 0.15) is 12.8 Å². The number of hydrogen-bond acceptors (Lipinski definition) is 5. The largest absolute Gasteiger partial charge is 0.497 e. The SMILES string of the molecule is COc1ccc(NC(=O)[C@@]23C[C@@H]2CCN(C)S3(=O)=O)c(OC)c1. The van der Waals surface area contributed by atoms with Gasteiger partial charge in [0.2, 0.25) is 15.9 Å². The summed E-state index contributed by atoms with van der Waals surface area (Å²) in [6, 6.07) is 4.96. The summed E-state index contributed by atoms with van der Waals surface area (Å²) < 4.78 is 35.5. The van der Waals surface area contributed by atoms with E-state index in [9.17, 15) is 13.2 Å². The first kappa shape index (κ1) is 16.1. The number of carbonyl (C=O) groups is 1. The molecule has 1 saturated heterocycles. The van der Waals surface area contributed by atoms with Crippen LogP contribution in [0.25, 0.3) is 0 Å². The van der Waals surface area contributed by atoms with Gasteiger partial charge in [-0.05, 0) is 30.9 Å². The molecule has 126 valence electrons. The number of methoxy groups -OCH3 is 2. The Morgan fingerprint density at radius 3 is 2.74 bits per heavy atom. The van der Waals surface area contributed by atoms with Gasteiger partial charge in [0.05, 0.1) is 19.9 Å². The number of nitrogens with one attached hydrogen (secondary N) is 1. The van der Waals surface area contributed by atoms with Crippen molar-refractivity contribution >= 4 is 21.6 Å². The Labute approximate surface area is 135 Å². The lowest BCUT2D eigenvalue weighted by molar-refractivity contribution is -0.117. The van der Waals surface area contributed by atoms with Gasteiger partial charge in [0, 0.05) is 19.7 Å². The normalized spacial score (nSPS) is 28.6. The molecule has 1 N–H and O–H groups in total. The number of ether oxygens (including phenoxy) is 2. The average molecular weight is 340 g/mol. The Morgan fingerprint density at radius 1 is 1.35 bits per heavy atom. The number of carbonyl (C=O) groups excluding carboxylic acids is 1. The van der Waals surface area contributed by atoms with Gasteiger partial charge >= 0.3 is 0 Å². The van der Waals surface area contributed by atoms with Crippen LogP contribution >= 0.6 is 0 Å². The third-order valence-electron chi connectivity index (χ3n) is 4.75. The van der Waals surface area contributed by atoms with E-state index in [0.717, 1.165) is 0 Å². The van der Waals surface area contributed by atoms with Crippen molar-refractivity contribution in [3.05, 3.63) is 18.2 Å². The van der Waals surface area contributed by atoms with Crippen molar-refractivity contribution in [2.24, 2.45) is 5.92 Å². The fourth-order valence-electron chi connectivity index (χ4n) is 3.22. The predicted molar refractivity (Wildman–Crippen MR) is 85.2 cm³/mol. The van der Waals surface area contributed by atoms with E-state index in [-0.39, 0.29) is 5.92 Å². The number of anilines is 1. The lowest BCUT2D eigenvalue weighted by Crippen LogP contribution is -2.50. The molecule has 0 aromatic heterocycles. The second kappa shape index (κ2) is 5.38. The van der Waals surface area contributed by atoms with E-state index in [1.165, 1.54) is 25.6 Å². The number of amides is 1. The zero-order chi connectivity index (χ0) is 16.8. The predicted octanol–water partition coefficient (Wildman–Crippen LogP) is 1.07. The first-order valence-corrected chi connectivity index (χ1v) is 8.80. The number of rotatable bonds is 4. The summed E-state index contributed by atoms with van der Waals surface area (Å²) in [5, 5.41) is 2.72. The summed E-state index contributed by atoms with van der Waals surface area (Å²) in [7, 11) is 0.910. The molecule has 2 aliphatic rings. The Hall–Kier alpha value is -1.80. The molecule has 0 bridgehead atoms. The van der Waals surface area contributed by atoms with Crippen molar-refractivity contribution in [2.75, 3.05) is 33.1 Å². The molecule has 1 aliphatic carbocycles.